The van der Waals surface area contributed by atoms with Gasteiger partial charge in [-0.25, -0.2) is 4.98 Å². The number of hydrogen-bond acceptors (Lipinski definition) is 8. The van der Waals surface area contributed by atoms with Crippen LogP contribution in [0.5, 0.6) is 11.5 Å². The molecule has 0 aliphatic carbocycles. The summed E-state index contributed by atoms with van der Waals surface area (Å²) in [6, 6.07) is 16.7. The molecule has 0 fully saturated rings. The van der Waals surface area contributed by atoms with Crippen LogP contribution in [0.25, 0.3) is 10.9 Å². The van der Waals surface area contributed by atoms with Gasteiger partial charge in [0.05, 0.1) is 22.7 Å². The average molecular weight is 473 g/mol. The highest BCUT2D eigenvalue weighted by atomic mass is 32.2. The second-order valence-corrected chi connectivity index (χ2v) is 8.43. The third-order valence-corrected chi connectivity index (χ3v) is 6.32. The van der Waals surface area contributed by atoms with Gasteiger partial charge in [-0.15, -0.1) is 16.8 Å². The molecule has 2 aromatic carbocycles. The first-order chi connectivity index (χ1) is 16.7. The lowest BCUT2D eigenvalue weighted by Gasteiger charge is -2.26. The van der Waals surface area contributed by atoms with Gasteiger partial charge in [-0.3, -0.25) is 13.9 Å². The highest BCUT2D eigenvalue weighted by Gasteiger charge is 2.28. The smallest absolute Gasteiger partial charge is 0.262 e. The van der Waals surface area contributed by atoms with E-state index in [1.54, 1.807) is 24.3 Å². The Morgan fingerprint density at radius 1 is 1.15 bits per heavy atom. The van der Waals surface area contributed by atoms with Crippen LogP contribution in [0.1, 0.15) is 17.8 Å². The molecular weight excluding hydrogens is 452 g/mol. The number of para-hydroxylation sites is 3. The van der Waals surface area contributed by atoms with Gasteiger partial charge in [0, 0.05) is 6.54 Å². The predicted molar refractivity (Wildman–Crippen MR) is 127 cm³/mol. The number of allylic oxidation sites excluding steroid dienone is 1. The van der Waals surface area contributed by atoms with Crippen molar-refractivity contribution in [3.8, 4) is 17.6 Å². The second kappa shape index (κ2) is 9.41. The molecule has 3 heterocycles. The maximum absolute atomic E-state index is 12.9. The molecule has 10 heteroatoms. The van der Waals surface area contributed by atoms with Gasteiger partial charge in [0.15, 0.2) is 28.6 Å². The van der Waals surface area contributed by atoms with E-state index in [-0.39, 0.29) is 12.1 Å². The molecule has 1 aliphatic heterocycles. The van der Waals surface area contributed by atoms with E-state index in [1.807, 2.05) is 34.9 Å². The number of nitrogens with zero attached hydrogens (tertiary/aromatic N) is 6. The Morgan fingerprint density at radius 2 is 1.94 bits per heavy atom. The van der Waals surface area contributed by atoms with Gasteiger partial charge in [-0.2, -0.15) is 5.26 Å². The van der Waals surface area contributed by atoms with Crippen molar-refractivity contribution in [3.05, 3.63) is 83.2 Å². The van der Waals surface area contributed by atoms with E-state index in [9.17, 15) is 10.1 Å². The predicted octanol–water partition coefficient (Wildman–Crippen LogP) is 3.50. The van der Waals surface area contributed by atoms with E-state index < -0.39 is 6.10 Å². The summed E-state index contributed by atoms with van der Waals surface area (Å²) >= 11 is 1.38. The van der Waals surface area contributed by atoms with Gasteiger partial charge in [0.2, 0.25) is 0 Å². The van der Waals surface area contributed by atoms with E-state index in [0.717, 1.165) is 0 Å². The van der Waals surface area contributed by atoms with Crippen LogP contribution in [0.15, 0.2) is 71.1 Å². The fourth-order valence-electron chi connectivity index (χ4n) is 3.78. The largest absolute Gasteiger partial charge is 0.485 e. The van der Waals surface area contributed by atoms with E-state index in [0.29, 0.717) is 58.1 Å². The van der Waals surface area contributed by atoms with Crippen LogP contribution in [-0.2, 0) is 18.8 Å². The molecule has 0 amide bonds. The molecule has 0 radical (unpaired) electrons. The molecule has 9 nitrogen and oxygen atoms in total. The molecule has 2 aromatic heterocycles. The van der Waals surface area contributed by atoms with E-state index >= 15 is 0 Å². The number of rotatable bonds is 7. The summed E-state index contributed by atoms with van der Waals surface area (Å²) in [5, 5.41) is 19.1. The van der Waals surface area contributed by atoms with Crippen molar-refractivity contribution in [2.24, 2.45) is 0 Å². The summed E-state index contributed by atoms with van der Waals surface area (Å²) in [5.41, 5.74) is 0.361. The molecule has 1 atom stereocenters. The summed E-state index contributed by atoms with van der Waals surface area (Å²) < 4.78 is 15.3. The van der Waals surface area contributed by atoms with E-state index in [2.05, 4.69) is 27.8 Å². The molecule has 0 unspecified atom stereocenters. The maximum atomic E-state index is 12.9. The average Bonchev–Trinajstić information content (AvgIpc) is 3.27. The minimum Gasteiger partial charge on any atom is -0.485 e. The van der Waals surface area contributed by atoms with Crippen LogP contribution in [0.4, 0.5) is 0 Å². The van der Waals surface area contributed by atoms with Gasteiger partial charge >= 0.3 is 0 Å². The molecule has 0 saturated carbocycles. The molecule has 0 bridgehead atoms. The Morgan fingerprint density at radius 3 is 2.76 bits per heavy atom. The van der Waals surface area contributed by atoms with Crippen LogP contribution in [0.2, 0.25) is 0 Å². The van der Waals surface area contributed by atoms with Gasteiger partial charge in [0.1, 0.15) is 19.0 Å². The molecule has 0 spiro atoms. The number of nitriles is 1. The van der Waals surface area contributed by atoms with E-state index in [1.165, 1.54) is 16.3 Å². The third-order valence-electron chi connectivity index (χ3n) is 5.35. The number of hydrogen-bond donors (Lipinski definition) is 0. The summed E-state index contributed by atoms with van der Waals surface area (Å²) in [6.45, 7) is 4.56. The van der Waals surface area contributed by atoms with Crippen molar-refractivity contribution in [1.82, 2.24) is 24.3 Å². The molecule has 1 aliphatic rings. The van der Waals surface area contributed by atoms with Gasteiger partial charge in [0.25, 0.3) is 5.56 Å². The second-order valence-electron chi connectivity index (χ2n) is 7.49. The molecule has 170 valence electrons. The van der Waals surface area contributed by atoms with Crippen molar-refractivity contribution < 1.29 is 9.47 Å². The van der Waals surface area contributed by atoms with Crippen molar-refractivity contribution >= 4 is 22.7 Å². The Hall–Kier alpha value is -4.10. The summed E-state index contributed by atoms with van der Waals surface area (Å²) in [6.07, 6.45) is 1.33. The highest BCUT2D eigenvalue weighted by molar-refractivity contribution is 7.98. The molecular formula is C24H20N6O3S. The highest BCUT2D eigenvalue weighted by Crippen LogP contribution is 2.36. The van der Waals surface area contributed by atoms with Crippen LogP contribution in [-0.4, -0.2) is 30.9 Å². The normalized spacial score (nSPS) is 14.6. The van der Waals surface area contributed by atoms with Crippen molar-refractivity contribution in [2.75, 3.05) is 6.61 Å². The first-order valence-electron chi connectivity index (χ1n) is 10.6. The molecule has 5 rings (SSSR count). The SMILES string of the molecule is C=CCn1c(SCc2nc3ccccc3c(=O)n2CC#N)nnc1[C@@H]1COc2ccccc2O1. The van der Waals surface area contributed by atoms with Crippen LogP contribution in [0.3, 0.4) is 0 Å². The number of ether oxygens (including phenoxy) is 2. The van der Waals surface area contributed by atoms with Crippen molar-refractivity contribution in [1.29, 1.82) is 5.26 Å². The molecule has 34 heavy (non-hydrogen) atoms. The topological polar surface area (TPSA) is 108 Å². The van der Waals surface area contributed by atoms with Crippen LogP contribution in [0, 0.1) is 11.3 Å². The fraction of sp³-hybridized carbons (Fsp3) is 0.208. The summed E-state index contributed by atoms with van der Waals surface area (Å²) in [7, 11) is 0. The molecule has 4 aromatic rings. The first kappa shape index (κ1) is 21.7. The lowest BCUT2D eigenvalue weighted by molar-refractivity contribution is 0.0821. The number of thioether (sulfide) groups is 1. The number of fused-ring (bicyclic) bond motifs is 2. The van der Waals surface area contributed by atoms with Crippen LogP contribution >= 0.6 is 11.8 Å². The number of aromatic nitrogens is 5. The third kappa shape index (κ3) is 4.02. The maximum Gasteiger partial charge on any atom is 0.262 e. The first-order valence-corrected chi connectivity index (χ1v) is 11.6. The Kier molecular flexibility index (Phi) is 6.01. The molecule has 0 saturated heterocycles. The zero-order valence-electron chi connectivity index (χ0n) is 18.1. The quantitative estimate of drug-likeness (QED) is 0.297. The number of benzene rings is 2. The summed E-state index contributed by atoms with van der Waals surface area (Å²) in [4.78, 5) is 17.6. The fourth-order valence-corrected chi connectivity index (χ4v) is 4.68. The Labute approximate surface area is 199 Å². The Bertz CT molecular complexity index is 1470. The zero-order valence-corrected chi connectivity index (χ0v) is 18.9. The molecule has 0 N–H and O–H groups in total. The standard InChI is InChI=1S/C24H20N6O3S/c1-2-12-30-22(20-14-32-18-9-5-6-10-19(18)33-20)27-28-24(30)34-15-21-26-17-8-4-3-7-16(17)23(31)29(21)13-11-25/h2-10,20H,1,12-15H2/t20-/m0/s1. The monoisotopic (exact) mass is 472 g/mol. The van der Waals surface area contributed by atoms with E-state index in [4.69, 9.17) is 9.47 Å². The van der Waals surface area contributed by atoms with Gasteiger partial charge in [-0.05, 0) is 24.3 Å². The Balaban J connectivity index is 1.44. The lowest BCUT2D eigenvalue weighted by atomic mass is 10.2. The zero-order chi connectivity index (χ0) is 23.5. The van der Waals surface area contributed by atoms with Crippen molar-refractivity contribution in [2.45, 2.75) is 30.1 Å². The van der Waals surface area contributed by atoms with Gasteiger partial charge in [-0.1, -0.05) is 42.1 Å². The lowest BCUT2D eigenvalue weighted by Crippen LogP contribution is -2.25. The van der Waals surface area contributed by atoms with Gasteiger partial charge < -0.3 is 9.47 Å². The summed E-state index contributed by atoms with van der Waals surface area (Å²) in [5.74, 6) is 2.80. The van der Waals surface area contributed by atoms with Crippen molar-refractivity contribution in [3.63, 3.8) is 0 Å². The van der Waals surface area contributed by atoms with Crippen LogP contribution < -0.4 is 15.0 Å². The minimum absolute atomic E-state index is 0.0795. The minimum atomic E-state index is -0.424.